The van der Waals surface area contributed by atoms with E-state index in [9.17, 15) is 0 Å². The van der Waals surface area contributed by atoms with E-state index in [4.69, 9.17) is 5.84 Å². The topological polar surface area (TPSA) is 41.3 Å². The van der Waals surface area contributed by atoms with E-state index in [1.54, 1.807) is 0 Å². The zero-order valence-corrected chi connectivity index (χ0v) is 12.7. The van der Waals surface area contributed by atoms with E-state index in [-0.39, 0.29) is 5.54 Å². The van der Waals surface area contributed by atoms with Gasteiger partial charge >= 0.3 is 0 Å². The van der Waals surface area contributed by atoms with E-state index in [0.29, 0.717) is 17.9 Å². The van der Waals surface area contributed by atoms with E-state index in [0.717, 1.165) is 0 Å². The van der Waals surface area contributed by atoms with Crippen molar-refractivity contribution >= 4 is 0 Å². The van der Waals surface area contributed by atoms with Gasteiger partial charge in [-0.3, -0.25) is 16.2 Å². The average Bonchev–Trinajstić information content (AvgIpc) is 3.02. The van der Waals surface area contributed by atoms with E-state index in [1.807, 2.05) is 0 Å². The first-order valence-corrected chi connectivity index (χ1v) is 7.90. The van der Waals surface area contributed by atoms with Crippen molar-refractivity contribution in [2.75, 3.05) is 13.1 Å². The maximum Gasteiger partial charge on any atom is 0.0423 e. The van der Waals surface area contributed by atoms with Gasteiger partial charge in [0.1, 0.15) is 0 Å². The van der Waals surface area contributed by atoms with Crippen LogP contribution in [-0.2, 0) is 0 Å². The van der Waals surface area contributed by atoms with Crippen LogP contribution in [0.3, 0.4) is 0 Å². The molecule has 0 radical (unpaired) electrons. The minimum absolute atomic E-state index is 0.138. The summed E-state index contributed by atoms with van der Waals surface area (Å²) in [6.45, 7) is 7.13. The van der Waals surface area contributed by atoms with Crippen molar-refractivity contribution < 1.29 is 0 Å². The number of nitrogens with two attached hydrogens (primary N) is 1. The molecule has 0 spiro atoms. The van der Waals surface area contributed by atoms with Crippen LogP contribution in [-0.4, -0.2) is 29.6 Å². The van der Waals surface area contributed by atoms with Gasteiger partial charge in [-0.25, -0.2) is 0 Å². The highest BCUT2D eigenvalue weighted by Crippen LogP contribution is 2.52. The number of likely N-dealkylation sites (tertiary alicyclic amines) is 1. The Kier molecular flexibility index (Phi) is 3.85. The predicted octanol–water partition coefficient (Wildman–Crippen LogP) is 2.50. The van der Waals surface area contributed by atoms with Gasteiger partial charge in [0.05, 0.1) is 0 Å². The maximum atomic E-state index is 5.93. The van der Waals surface area contributed by atoms with Crippen molar-refractivity contribution in [2.45, 2.75) is 50.6 Å². The van der Waals surface area contributed by atoms with E-state index >= 15 is 0 Å². The lowest BCUT2D eigenvalue weighted by molar-refractivity contribution is 0.0955. The molecule has 0 aromatic heterocycles. The Balaban J connectivity index is 1.72. The van der Waals surface area contributed by atoms with Crippen molar-refractivity contribution in [3.8, 4) is 0 Å². The number of hydrogen-bond donors (Lipinski definition) is 2. The average molecular weight is 273 g/mol. The van der Waals surface area contributed by atoms with Gasteiger partial charge in [-0.2, -0.15) is 0 Å². The van der Waals surface area contributed by atoms with Gasteiger partial charge < -0.3 is 0 Å². The summed E-state index contributed by atoms with van der Waals surface area (Å²) in [4.78, 5) is 2.61. The quantitative estimate of drug-likeness (QED) is 0.640. The number of nitrogens with zero attached hydrogens (tertiary/aromatic N) is 1. The second-order valence-electron chi connectivity index (χ2n) is 6.91. The third-order valence-corrected chi connectivity index (χ3v) is 5.36. The fraction of sp³-hybridized carbons (Fsp3) is 0.647. The van der Waals surface area contributed by atoms with Gasteiger partial charge in [0.15, 0.2) is 0 Å². The highest BCUT2D eigenvalue weighted by molar-refractivity contribution is 5.27. The van der Waals surface area contributed by atoms with Gasteiger partial charge in [-0.1, -0.05) is 30.3 Å². The van der Waals surface area contributed by atoms with Gasteiger partial charge in [0.25, 0.3) is 0 Å². The SMILES string of the molecule is CC(C)(C(NN)C1CC1c1ccccc1)N1CCCC1. The highest BCUT2D eigenvalue weighted by Gasteiger charge is 2.50. The fourth-order valence-corrected chi connectivity index (χ4v) is 4.01. The third kappa shape index (κ3) is 2.50. The lowest BCUT2D eigenvalue weighted by atomic mass is 9.88. The molecule has 3 rings (SSSR count). The van der Waals surface area contributed by atoms with Crippen LogP contribution in [0.5, 0.6) is 0 Å². The molecule has 3 unspecified atom stereocenters. The molecule has 1 aliphatic carbocycles. The van der Waals surface area contributed by atoms with E-state index in [2.05, 4.69) is 54.5 Å². The Hall–Kier alpha value is -0.900. The molecule has 0 amide bonds. The number of rotatable bonds is 5. The molecule has 1 heterocycles. The molecular weight excluding hydrogens is 246 g/mol. The van der Waals surface area contributed by atoms with Crippen LogP contribution < -0.4 is 11.3 Å². The molecular formula is C17H27N3. The van der Waals surface area contributed by atoms with Crippen LogP contribution in [0.25, 0.3) is 0 Å². The lowest BCUT2D eigenvalue weighted by Gasteiger charge is -2.42. The third-order valence-electron chi connectivity index (χ3n) is 5.36. The smallest absolute Gasteiger partial charge is 0.0423 e. The number of hydrazine groups is 1. The summed E-state index contributed by atoms with van der Waals surface area (Å²) in [5.41, 5.74) is 4.75. The standard InChI is InChI=1S/C17H27N3/c1-17(2,20-10-6-7-11-20)16(19-18)15-12-14(15)13-8-4-3-5-9-13/h3-5,8-9,14-16,19H,6-7,10-12,18H2,1-2H3. The second-order valence-corrected chi connectivity index (χ2v) is 6.91. The molecule has 20 heavy (non-hydrogen) atoms. The number of nitrogens with one attached hydrogen (secondary N) is 1. The Labute approximate surface area is 122 Å². The zero-order chi connectivity index (χ0) is 14.2. The summed E-state index contributed by atoms with van der Waals surface area (Å²) < 4.78 is 0. The summed E-state index contributed by atoms with van der Waals surface area (Å²) in [5, 5.41) is 0. The van der Waals surface area contributed by atoms with Gasteiger partial charge in [-0.15, -0.1) is 0 Å². The monoisotopic (exact) mass is 273 g/mol. The summed E-state index contributed by atoms with van der Waals surface area (Å²) in [5.74, 6) is 7.28. The Morgan fingerprint density at radius 1 is 1.20 bits per heavy atom. The second kappa shape index (κ2) is 5.47. The molecule has 2 fully saturated rings. The minimum Gasteiger partial charge on any atom is -0.297 e. The van der Waals surface area contributed by atoms with Gasteiger partial charge in [0, 0.05) is 11.6 Å². The van der Waals surface area contributed by atoms with Crippen LogP contribution in [0.4, 0.5) is 0 Å². The summed E-state index contributed by atoms with van der Waals surface area (Å²) in [6, 6.07) is 11.2. The highest BCUT2D eigenvalue weighted by atomic mass is 15.3. The molecule has 3 nitrogen and oxygen atoms in total. The predicted molar refractivity (Wildman–Crippen MR) is 83.3 cm³/mol. The molecule has 3 atom stereocenters. The lowest BCUT2D eigenvalue weighted by Crippen LogP contribution is -2.59. The van der Waals surface area contributed by atoms with Crippen LogP contribution >= 0.6 is 0 Å². The van der Waals surface area contributed by atoms with Crippen LogP contribution in [0.1, 0.15) is 44.6 Å². The van der Waals surface area contributed by atoms with Crippen LogP contribution in [0.15, 0.2) is 30.3 Å². The number of hydrogen-bond acceptors (Lipinski definition) is 3. The molecule has 1 aromatic rings. The van der Waals surface area contributed by atoms with Crippen molar-refractivity contribution in [3.63, 3.8) is 0 Å². The molecule has 2 aliphatic rings. The van der Waals surface area contributed by atoms with Crippen molar-refractivity contribution in [1.29, 1.82) is 0 Å². The van der Waals surface area contributed by atoms with E-state index in [1.165, 1.54) is 37.9 Å². The van der Waals surface area contributed by atoms with E-state index < -0.39 is 0 Å². The Bertz CT molecular complexity index is 437. The first-order chi connectivity index (χ1) is 9.64. The summed E-state index contributed by atoms with van der Waals surface area (Å²) >= 11 is 0. The fourth-order valence-electron chi connectivity index (χ4n) is 4.01. The maximum absolute atomic E-state index is 5.93. The van der Waals surface area contributed by atoms with Gasteiger partial charge in [-0.05, 0) is 63.6 Å². The molecule has 110 valence electrons. The minimum atomic E-state index is 0.138. The molecule has 1 aliphatic heterocycles. The Morgan fingerprint density at radius 2 is 1.85 bits per heavy atom. The molecule has 1 saturated heterocycles. The normalized spacial score (nSPS) is 28.6. The van der Waals surface area contributed by atoms with Crippen molar-refractivity contribution in [1.82, 2.24) is 10.3 Å². The van der Waals surface area contributed by atoms with Crippen molar-refractivity contribution in [2.24, 2.45) is 11.8 Å². The largest absolute Gasteiger partial charge is 0.297 e. The summed E-state index contributed by atoms with van der Waals surface area (Å²) in [6.07, 6.45) is 3.91. The van der Waals surface area contributed by atoms with Crippen LogP contribution in [0, 0.1) is 5.92 Å². The van der Waals surface area contributed by atoms with Crippen LogP contribution in [0.2, 0.25) is 0 Å². The van der Waals surface area contributed by atoms with Crippen molar-refractivity contribution in [3.05, 3.63) is 35.9 Å². The molecule has 3 heteroatoms. The molecule has 1 aromatic carbocycles. The zero-order valence-electron chi connectivity index (χ0n) is 12.7. The number of benzene rings is 1. The van der Waals surface area contributed by atoms with Gasteiger partial charge in [0.2, 0.25) is 0 Å². The molecule has 0 bridgehead atoms. The summed E-state index contributed by atoms with van der Waals surface area (Å²) in [7, 11) is 0. The molecule has 3 N–H and O–H groups in total. The Morgan fingerprint density at radius 3 is 2.45 bits per heavy atom. The molecule has 1 saturated carbocycles. The first kappa shape index (κ1) is 14.1. The first-order valence-electron chi connectivity index (χ1n) is 7.90.